The number of ether oxygens (including phenoxy) is 1. The molecule has 1 fully saturated rings. The number of morpholine rings is 1. The highest BCUT2D eigenvalue weighted by Crippen LogP contribution is 2.21. The number of allylic oxidation sites excluding steroid dienone is 2. The molecule has 0 bridgehead atoms. The lowest BCUT2D eigenvalue weighted by Gasteiger charge is -2.27. The van der Waals surface area contributed by atoms with Crippen molar-refractivity contribution in [3.63, 3.8) is 0 Å². The molecule has 3 rings (SSSR count). The maximum Gasteiger partial charge on any atom is 0.254 e. The fraction of sp³-hybridized carbons (Fsp3) is 0.444. The lowest BCUT2D eigenvalue weighted by Crippen LogP contribution is -2.40. The molecule has 1 saturated heterocycles. The summed E-state index contributed by atoms with van der Waals surface area (Å²) in [6.07, 6.45) is 6.83. The van der Waals surface area contributed by atoms with Crippen LogP contribution >= 0.6 is 0 Å². The van der Waals surface area contributed by atoms with Crippen molar-refractivity contribution in [2.75, 3.05) is 31.6 Å². The number of rotatable bonds is 4. The minimum Gasteiger partial charge on any atom is -0.378 e. The first-order valence-electron chi connectivity index (χ1n) is 8.16. The topological polar surface area (TPSA) is 58.6 Å². The van der Waals surface area contributed by atoms with Crippen molar-refractivity contribution in [3.05, 3.63) is 42.0 Å². The van der Waals surface area contributed by atoms with E-state index in [-0.39, 0.29) is 11.8 Å². The molecule has 5 nitrogen and oxygen atoms in total. The zero-order valence-corrected chi connectivity index (χ0v) is 13.2. The molecule has 0 saturated carbocycles. The van der Waals surface area contributed by atoms with Gasteiger partial charge >= 0.3 is 0 Å². The van der Waals surface area contributed by atoms with Crippen molar-refractivity contribution in [1.29, 1.82) is 0 Å². The summed E-state index contributed by atoms with van der Waals surface area (Å²) in [5, 5.41) is 2.90. The number of hydrogen-bond acceptors (Lipinski definition) is 3. The Labute approximate surface area is 136 Å². The number of amides is 2. The van der Waals surface area contributed by atoms with Crippen molar-refractivity contribution in [3.8, 4) is 0 Å². The van der Waals surface area contributed by atoms with E-state index in [0.717, 1.165) is 12.8 Å². The molecule has 1 N–H and O–H groups in total. The van der Waals surface area contributed by atoms with Gasteiger partial charge in [0, 0.05) is 30.8 Å². The molecule has 5 heteroatoms. The van der Waals surface area contributed by atoms with Crippen molar-refractivity contribution >= 4 is 17.5 Å². The van der Waals surface area contributed by atoms with E-state index in [1.165, 1.54) is 0 Å². The van der Waals surface area contributed by atoms with Crippen LogP contribution < -0.4 is 5.32 Å². The van der Waals surface area contributed by atoms with E-state index in [4.69, 9.17) is 4.74 Å². The number of nitrogens with one attached hydrogen (secondary N) is 1. The van der Waals surface area contributed by atoms with Gasteiger partial charge in [-0.15, -0.1) is 0 Å². The molecule has 0 radical (unpaired) electrons. The Bertz CT molecular complexity index is 606. The normalized spacial score (nSPS) is 20.5. The third kappa shape index (κ3) is 4.20. The summed E-state index contributed by atoms with van der Waals surface area (Å²) < 4.78 is 5.27. The summed E-state index contributed by atoms with van der Waals surface area (Å²) in [7, 11) is 0. The van der Waals surface area contributed by atoms with E-state index >= 15 is 0 Å². The van der Waals surface area contributed by atoms with Crippen LogP contribution in [0.4, 0.5) is 5.69 Å². The molecule has 1 aliphatic carbocycles. The fourth-order valence-electron chi connectivity index (χ4n) is 2.99. The standard InChI is InChI=1S/C18H22N2O3/c21-17(12-14-4-1-2-5-14)19-16-7-3-6-15(13-16)18(22)20-8-10-23-11-9-20/h1,3-4,6-7,13-14H,2,5,8-12H2,(H,19,21)/t14-/m1/s1. The van der Waals surface area contributed by atoms with Gasteiger partial charge in [0.2, 0.25) is 5.91 Å². The molecule has 1 heterocycles. The molecule has 0 unspecified atom stereocenters. The van der Waals surface area contributed by atoms with E-state index in [1.54, 1.807) is 23.1 Å². The highest BCUT2D eigenvalue weighted by atomic mass is 16.5. The van der Waals surface area contributed by atoms with Crippen LogP contribution in [0.2, 0.25) is 0 Å². The van der Waals surface area contributed by atoms with Gasteiger partial charge in [0.1, 0.15) is 0 Å². The summed E-state index contributed by atoms with van der Waals surface area (Å²) in [5.41, 5.74) is 1.28. The molecule has 2 aliphatic rings. The third-order valence-corrected chi connectivity index (χ3v) is 4.25. The second-order valence-electron chi connectivity index (χ2n) is 6.00. The quantitative estimate of drug-likeness (QED) is 0.869. The monoisotopic (exact) mass is 314 g/mol. The van der Waals surface area contributed by atoms with Gasteiger partial charge in [-0.2, -0.15) is 0 Å². The average Bonchev–Trinajstić information content (AvgIpc) is 3.08. The van der Waals surface area contributed by atoms with Crippen molar-refractivity contribution in [2.24, 2.45) is 5.92 Å². The van der Waals surface area contributed by atoms with E-state index in [9.17, 15) is 9.59 Å². The second kappa shape index (κ2) is 7.42. The molecular formula is C18H22N2O3. The first kappa shape index (κ1) is 15.7. The fourth-order valence-corrected chi connectivity index (χ4v) is 2.99. The zero-order valence-electron chi connectivity index (χ0n) is 13.2. The minimum atomic E-state index is -0.0110. The molecule has 2 amide bonds. The van der Waals surface area contributed by atoms with Crippen LogP contribution in [-0.2, 0) is 9.53 Å². The predicted octanol–water partition coefficient (Wildman–Crippen LogP) is 2.45. The Balaban J connectivity index is 1.61. The van der Waals surface area contributed by atoms with Crippen LogP contribution in [0, 0.1) is 5.92 Å². The second-order valence-corrected chi connectivity index (χ2v) is 6.00. The molecule has 1 aliphatic heterocycles. The van der Waals surface area contributed by atoms with Gasteiger partial charge in [0.25, 0.3) is 5.91 Å². The Morgan fingerprint density at radius 1 is 1.26 bits per heavy atom. The van der Waals surface area contributed by atoms with Gasteiger partial charge in [-0.05, 0) is 37.0 Å². The Morgan fingerprint density at radius 3 is 2.83 bits per heavy atom. The highest BCUT2D eigenvalue weighted by molar-refractivity contribution is 5.97. The van der Waals surface area contributed by atoms with Crippen LogP contribution in [0.5, 0.6) is 0 Å². The maximum absolute atomic E-state index is 12.5. The van der Waals surface area contributed by atoms with Crippen molar-refractivity contribution in [2.45, 2.75) is 19.3 Å². The largest absolute Gasteiger partial charge is 0.378 e. The van der Waals surface area contributed by atoms with E-state index in [1.807, 2.05) is 6.07 Å². The molecule has 1 aromatic carbocycles. The summed E-state index contributed by atoms with van der Waals surface area (Å²) in [6.45, 7) is 2.39. The molecule has 23 heavy (non-hydrogen) atoms. The molecule has 0 spiro atoms. The van der Waals surface area contributed by atoms with E-state index in [2.05, 4.69) is 17.5 Å². The SMILES string of the molecule is O=C(C[C@@H]1C=CCC1)Nc1cccc(C(=O)N2CCOCC2)c1. The number of anilines is 1. The summed E-state index contributed by atoms with van der Waals surface area (Å²) in [5.74, 6) is 0.328. The Hall–Kier alpha value is -2.14. The number of hydrogen-bond donors (Lipinski definition) is 1. The highest BCUT2D eigenvalue weighted by Gasteiger charge is 2.19. The number of benzene rings is 1. The van der Waals surface area contributed by atoms with Gasteiger partial charge in [-0.25, -0.2) is 0 Å². The number of carbonyl (C=O) groups is 2. The van der Waals surface area contributed by atoms with Gasteiger partial charge in [-0.1, -0.05) is 18.2 Å². The zero-order chi connectivity index (χ0) is 16.1. The maximum atomic E-state index is 12.5. The van der Waals surface area contributed by atoms with Gasteiger partial charge in [-0.3, -0.25) is 9.59 Å². The first-order valence-corrected chi connectivity index (χ1v) is 8.16. The predicted molar refractivity (Wildman–Crippen MR) is 88.3 cm³/mol. The molecular weight excluding hydrogens is 292 g/mol. The molecule has 0 aromatic heterocycles. The molecule has 122 valence electrons. The van der Waals surface area contributed by atoms with Gasteiger partial charge in [0.05, 0.1) is 13.2 Å². The smallest absolute Gasteiger partial charge is 0.254 e. The average molecular weight is 314 g/mol. The Kier molecular flexibility index (Phi) is 5.08. The number of nitrogens with zero attached hydrogens (tertiary/aromatic N) is 1. The summed E-state index contributed by atoms with van der Waals surface area (Å²) >= 11 is 0. The summed E-state index contributed by atoms with van der Waals surface area (Å²) in [4.78, 5) is 26.3. The Morgan fingerprint density at radius 2 is 2.09 bits per heavy atom. The lowest BCUT2D eigenvalue weighted by molar-refractivity contribution is -0.116. The number of carbonyl (C=O) groups excluding carboxylic acids is 2. The van der Waals surface area contributed by atoms with Crippen LogP contribution in [0.1, 0.15) is 29.6 Å². The summed E-state index contributed by atoms with van der Waals surface area (Å²) in [6, 6.07) is 7.16. The van der Waals surface area contributed by atoms with Crippen molar-refractivity contribution in [1.82, 2.24) is 4.90 Å². The molecule has 1 atom stereocenters. The van der Waals surface area contributed by atoms with E-state index < -0.39 is 0 Å². The van der Waals surface area contributed by atoms with E-state index in [0.29, 0.717) is 49.9 Å². The van der Waals surface area contributed by atoms with Crippen LogP contribution in [0.15, 0.2) is 36.4 Å². The molecule has 1 aromatic rings. The third-order valence-electron chi connectivity index (χ3n) is 4.25. The van der Waals surface area contributed by atoms with Crippen LogP contribution in [0.25, 0.3) is 0 Å². The van der Waals surface area contributed by atoms with Gasteiger partial charge < -0.3 is 15.0 Å². The van der Waals surface area contributed by atoms with Crippen LogP contribution in [-0.4, -0.2) is 43.0 Å². The van der Waals surface area contributed by atoms with Crippen LogP contribution in [0.3, 0.4) is 0 Å². The first-order chi connectivity index (χ1) is 11.2. The van der Waals surface area contributed by atoms with Crippen molar-refractivity contribution < 1.29 is 14.3 Å². The lowest BCUT2D eigenvalue weighted by atomic mass is 10.0. The minimum absolute atomic E-state index is 0.00229. The van der Waals surface area contributed by atoms with Gasteiger partial charge in [0.15, 0.2) is 0 Å².